The van der Waals surface area contributed by atoms with Gasteiger partial charge in [-0.3, -0.25) is 4.79 Å². The van der Waals surface area contributed by atoms with Crippen LogP contribution in [0.1, 0.15) is 17.3 Å². The Morgan fingerprint density at radius 2 is 2.09 bits per heavy atom. The largest absolute Gasteiger partial charge is 0.493 e. The number of anilines is 1. The fraction of sp³-hybridized carbons (Fsp3) is 0.188. The van der Waals surface area contributed by atoms with Gasteiger partial charge in [0.05, 0.1) is 18.2 Å². The molecule has 2 aromatic rings. The fourth-order valence-corrected chi connectivity index (χ4v) is 3.00. The van der Waals surface area contributed by atoms with Gasteiger partial charge in [-0.05, 0) is 75.8 Å². The average molecular weight is 476 g/mol. The number of ether oxygens (including phenoxy) is 2. The van der Waals surface area contributed by atoms with E-state index < -0.39 is 0 Å². The monoisotopic (exact) mass is 475 g/mol. The van der Waals surface area contributed by atoms with Gasteiger partial charge >= 0.3 is 0 Å². The minimum atomic E-state index is -0.205. The Bertz CT molecular complexity index is 691. The normalized spacial score (nSPS) is 10.2. The zero-order valence-electron chi connectivity index (χ0n) is 12.2. The molecule has 0 radical (unpaired) electrons. The summed E-state index contributed by atoms with van der Waals surface area (Å²) in [5, 5.41) is 2.87. The number of rotatable bonds is 5. The van der Waals surface area contributed by atoms with Crippen molar-refractivity contribution in [2.75, 3.05) is 19.0 Å². The highest BCUT2D eigenvalue weighted by Gasteiger charge is 2.15. The maximum Gasteiger partial charge on any atom is 0.255 e. The average Bonchev–Trinajstić information content (AvgIpc) is 2.49. The highest BCUT2D eigenvalue weighted by molar-refractivity contribution is 14.1. The second kappa shape index (κ2) is 7.82. The first kappa shape index (κ1) is 17.1. The van der Waals surface area contributed by atoms with E-state index in [1.54, 1.807) is 19.2 Å². The Labute approximate surface area is 151 Å². The van der Waals surface area contributed by atoms with Crippen molar-refractivity contribution >= 4 is 50.1 Å². The van der Waals surface area contributed by atoms with E-state index in [0.29, 0.717) is 28.1 Å². The van der Waals surface area contributed by atoms with Gasteiger partial charge in [0, 0.05) is 14.8 Å². The van der Waals surface area contributed by atoms with Crippen molar-refractivity contribution in [3.63, 3.8) is 0 Å². The summed E-state index contributed by atoms with van der Waals surface area (Å²) in [6, 6.07) is 11.0. The molecule has 0 spiro atoms. The molecule has 22 heavy (non-hydrogen) atoms. The molecule has 0 saturated carbocycles. The topological polar surface area (TPSA) is 47.6 Å². The summed E-state index contributed by atoms with van der Waals surface area (Å²) in [5.74, 6) is 0.906. The predicted octanol–water partition coefficient (Wildman–Crippen LogP) is 4.71. The number of benzene rings is 2. The zero-order chi connectivity index (χ0) is 16.1. The van der Waals surface area contributed by atoms with E-state index in [2.05, 4.69) is 43.8 Å². The third-order valence-electron chi connectivity index (χ3n) is 2.86. The Kier molecular flexibility index (Phi) is 6.07. The number of amides is 1. The number of carbonyl (C=O) groups is 1. The standard InChI is InChI=1S/C16H15BrINO3/c1-3-22-15-13(17)7-10(8-14(15)21-2)16(20)19-12-6-4-5-11(18)9-12/h4-9H,3H2,1-2H3,(H,19,20). The van der Waals surface area contributed by atoms with Gasteiger partial charge in [-0.2, -0.15) is 0 Å². The Morgan fingerprint density at radius 3 is 2.73 bits per heavy atom. The lowest BCUT2D eigenvalue weighted by Gasteiger charge is -2.13. The minimum Gasteiger partial charge on any atom is -0.493 e. The van der Waals surface area contributed by atoms with Crippen LogP contribution in [-0.4, -0.2) is 19.6 Å². The third-order valence-corrected chi connectivity index (χ3v) is 4.12. The summed E-state index contributed by atoms with van der Waals surface area (Å²) in [6.07, 6.45) is 0. The molecule has 0 heterocycles. The molecule has 0 aliphatic rings. The van der Waals surface area contributed by atoms with Gasteiger partial charge < -0.3 is 14.8 Å². The number of carbonyl (C=O) groups excluding carboxylic acids is 1. The van der Waals surface area contributed by atoms with E-state index >= 15 is 0 Å². The molecule has 2 rings (SSSR count). The first-order chi connectivity index (χ1) is 10.5. The summed E-state index contributed by atoms with van der Waals surface area (Å²) in [6.45, 7) is 2.41. The molecule has 6 heteroatoms. The summed E-state index contributed by atoms with van der Waals surface area (Å²) in [4.78, 5) is 12.4. The fourth-order valence-electron chi connectivity index (χ4n) is 1.90. The van der Waals surface area contributed by atoms with Crippen LogP contribution in [0.15, 0.2) is 40.9 Å². The van der Waals surface area contributed by atoms with Gasteiger partial charge in [0.15, 0.2) is 11.5 Å². The molecule has 0 aromatic heterocycles. The molecule has 1 amide bonds. The van der Waals surface area contributed by atoms with Crippen molar-refractivity contribution in [3.05, 3.63) is 50.0 Å². The van der Waals surface area contributed by atoms with Crippen molar-refractivity contribution in [1.82, 2.24) is 0 Å². The van der Waals surface area contributed by atoms with E-state index in [9.17, 15) is 4.79 Å². The first-order valence-corrected chi connectivity index (χ1v) is 8.49. The van der Waals surface area contributed by atoms with Crippen LogP contribution in [0, 0.1) is 3.57 Å². The van der Waals surface area contributed by atoms with Crippen LogP contribution in [0.25, 0.3) is 0 Å². The van der Waals surface area contributed by atoms with Crippen LogP contribution in [0.3, 0.4) is 0 Å². The highest BCUT2D eigenvalue weighted by Crippen LogP contribution is 2.36. The number of hydrogen-bond donors (Lipinski definition) is 1. The van der Waals surface area contributed by atoms with Crippen molar-refractivity contribution in [3.8, 4) is 11.5 Å². The maximum atomic E-state index is 12.4. The molecule has 0 bridgehead atoms. The molecule has 0 aliphatic heterocycles. The van der Waals surface area contributed by atoms with Crippen LogP contribution in [-0.2, 0) is 0 Å². The Hall–Kier alpha value is -1.28. The van der Waals surface area contributed by atoms with E-state index in [1.165, 1.54) is 0 Å². The van der Waals surface area contributed by atoms with Crippen LogP contribution >= 0.6 is 38.5 Å². The van der Waals surface area contributed by atoms with E-state index in [1.807, 2.05) is 31.2 Å². The zero-order valence-corrected chi connectivity index (χ0v) is 15.9. The highest BCUT2D eigenvalue weighted by atomic mass is 127. The summed E-state index contributed by atoms with van der Waals surface area (Å²) >= 11 is 5.62. The van der Waals surface area contributed by atoms with E-state index in [0.717, 1.165) is 9.26 Å². The second-order valence-electron chi connectivity index (χ2n) is 4.39. The summed E-state index contributed by atoms with van der Waals surface area (Å²) < 4.78 is 12.6. The molecule has 1 N–H and O–H groups in total. The lowest BCUT2D eigenvalue weighted by atomic mass is 10.2. The number of methoxy groups -OCH3 is 1. The Morgan fingerprint density at radius 1 is 1.32 bits per heavy atom. The second-order valence-corrected chi connectivity index (χ2v) is 6.49. The van der Waals surface area contributed by atoms with Gasteiger partial charge in [0.1, 0.15) is 0 Å². The summed E-state index contributed by atoms with van der Waals surface area (Å²) in [5.41, 5.74) is 1.24. The van der Waals surface area contributed by atoms with Crippen LogP contribution in [0.2, 0.25) is 0 Å². The van der Waals surface area contributed by atoms with Crippen molar-refractivity contribution in [1.29, 1.82) is 0 Å². The van der Waals surface area contributed by atoms with Gasteiger partial charge in [-0.25, -0.2) is 0 Å². The van der Waals surface area contributed by atoms with Gasteiger partial charge in [-0.15, -0.1) is 0 Å². The lowest BCUT2D eigenvalue weighted by molar-refractivity contribution is 0.102. The molecule has 0 atom stereocenters. The minimum absolute atomic E-state index is 0.205. The summed E-state index contributed by atoms with van der Waals surface area (Å²) in [7, 11) is 1.55. The van der Waals surface area contributed by atoms with Gasteiger partial charge in [-0.1, -0.05) is 6.07 Å². The quantitative estimate of drug-likeness (QED) is 0.637. The predicted molar refractivity (Wildman–Crippen MR) is 99.0 cm³/mol. The molecular formula is C16H15BrINO3. The van der Waals surface area contributed by atoms with Crippen molar-refractivity contribution < 1.29 is 14.3 Å². The third kappa shape index (κ3) is 4.13. The molecule has 2 aromatic carbocycles. The van der Waals surface area contributed by atoms with Crippen molar-refractivity contribution in [2.24, 2.45) is 0 Å². The van der Waals surface area contributed by atoms with Crippen LogP contribution < -0.4 is 14.8 Å². The SMILES string of the molecule is CCOc1c(Br)cc(C(=O)Nc2cccc(I)c2)cc1OC. The van der Waals surface area contributed by atoms with Crippen LogP contribution in [0.5, 0.6) is 11.5 Å². The molecule has 0 aliphatic carbocycles. The van der Waals surface area contributed by atoms with Gasteiger partial charge in [0.2, 0.25) is 0 Å². The van der Waals surface area contributed by atoms with Gasteiger partial charge in [0.25, 0.3) is 5.91 Å². The number of nitrogens with one attached hydrogen (secondary N) is 1. The van der Waals surface area contributed by atoms with E-state index in [4.69, 9.17) is 9.47 Å². The maximum absolute atomic E-state index is 12.4. The molecular weight excluding hydrogens is 461 g/mol. The smallest absolute Gasteiger partial charge is 0.255 e. The Balaban J connectivity index is 2.28. The number of hydrogen-bond acceptors (Lipinski definition) is 3. The van der Waals surface area contributed by atoms with E-state index in [-0.39, 0.29) is 5.91 Å². The first-order valence-electron chi connectivity index (χ1n) is 6.62. The lowest BCUT2D eigenvalue weighted by Crippen LogP contribution is -2.12. The molecule has 0 saturated heterocycles. The molecule has 0 unspecified atom stereocenters. The van der Waals surface area contributed by atoms with Crippen LogP contribution in [0.4, 0.5) is 5.69 Å². The molecule has 0 fully saturated rings. The van der Waals surface area contributed by atoms with Crippen molar-refractivity contribution in [2.45, 2.75) is 6.92 Å². The molecule has 4 nitrogen and oxygen atoms in total. The number of halogens is 2. The molecule has 116 valence electrons.